The molecule has 4 aromatic rings. The largest absolute Gasteiger partial charge is 0.493 e. The highest BCUT2D eigenvalue weighted by Crippen LogP contribution is 2.41. The average Bonchev–Trinajstić information content (AvgIpc) is 3.37. The van der Waals surface area contributed by atoms with Gasteiger partial charge >= 0.3 is 0 Å². The third kappa shape index (κ3) is 2.32. The summed E-state index contributed by atoms with van der Waals surface area (Å²) in [6, 6.07) is 17.1. The number of para-hydroxylation sites is 1. The number of benzene rings is 2. The van der Waals surface area contributed by atoms with Gasteiger partial charge in [0.15, 0.2) is 0 Å². The van der Waals surface area contributed by atoms with E-state index in [2.05, 4.69) is 62.3 Å². The number of nitrogens with zero attached hydrogens (tertiary/aromatic N) is 3. The Morgan fingerprint density at radius 3 is 2.82 bits per heavy atom. The van der Waals surface area contributed by atoms with Crippen molar-refractivity contribution in [3.05, 3.63) is 83.3 Å². The van der Waals surface area contributed by atoms with E-state index < -0.39 is 0 Å². The van der Waals surface area contributed by atoms with Crippen molar-refractivity contribution in [3.63, 3.8) is 0 Å². The molecule has 2 aliphatic rings. The molecule has 0 saturated heterocycles. The van der Waals surface area contributed by atoms with Crippen LogP contribution < -0.4 is 9.64 Å². The molecule has 6 rings (SSSR count). The van der Waals surface area contributed by atoms with Crippen molar-refractivity contribution in [3.8, 4) is 5.75 Å². The summed E-state index contributed by atoms with van der Waals surface area (Å²) < 4.78 is 5.72. The lowest BCUT2D eigenvalue weighted by Crippen LogP contribution is -2.37. The number of H-pyrrole nitrogens is 1. The lowest BCUT2D eigenvalue weighted by atomic mass is 9.91. The first kappa shape index (κ1) is 15.7. The Morgan fingerprint density at radius 2 is 1.89 bits per heavy atom. The smallest absolute Gasteiger partial charge is 0.226 e. The molecule has 1 N–H and O–H groups in total. The molecule has 28 heavy (non-hydrogen) atoms. The quantitative estimate of drug-likeness (QED) is 0.580. The van der Waals surface area contributed by atoms with Crippen LogP contribution in [0.15, 0.2) is 60.9 Å². The van der Waals surface area contributed by atoms with E-state index in [1.54, 1.807) is 0 Å². The Kier molecular flexibility index (Phi) is 3.41. The first-order chi connectivity index (χ1) is 13.9. The van der Waals surface area contributed by atoms with Gasteiger partial charge in [-0.1, -0.05) is 24.3 Å². The van der Waals surface area contributed by atoms with Crippen molar-refractivity contribution in [1.82, 2.24) is 15.0 Å². The van der Waals surface area contributed by atoms with Gasteiger partial charge in [-0.25, -0.2) is 9.97 Å². The van der Waals surface area contributed by atoms with Crippen molar-refractivity contribution >= 4 is 16.9 Å². The van der Waals surface area contributed by atoms with Gasteiger partial charge in [-0.05, 0) is 47.4 Å². The molecule has 4 heterocycles. The van der Waals surface area contributed by atoms with Crippen LogP contribution in [0.3, 0.4) is 0 Å². The summed E-state index contributed by atoms with van der Waals surface area (Å²) in [6.45, 7) is 1.66. The second-order valence-electron chi connectivity index (χ2n) is 7.42. The fraction of sp³-hybridized carbons (Fsp3) is 0.217. The van der Waals surface area contributed by atoms with Crippen LogP contribution in [0.4, 0.5) is 5.95 Å². The van der Waals surface area contributed by atoms with Crippen LogP contribution in [0.2, 0.25) is 0 Å². The van der Waals surface area contributed by atoms with E-state index in [1.807, 2.05) is 18.5 Å². The van der Waals surface area contributed by atoms with E-state index in [1.165, 1.54) is 33.3 Å². The lowest BCUT2D eigenvalue weighted by molar-refractivity contribution is 0.357. The minimum atomic E-state index is 0.0597. The molecule has 5 heteroatoms. The van der Waals surface area contributed by atoms with Gasteiger partial charge in [-0.2, -0.15) is 0 Å². The highest BCUT2D eigenvalue weighted by molar-refractivity contribution is 5.85. The van der Waals surface area contributed by atoms with Crippen LogP contribution >= 0.6 is 0 Å². The fourth-order valence-electron chi connectivity index (χ4n) is 4.62. The van der Waals surface area contributed by atoms with Gasteiger partial charge in [-0.3, -0.25) is 0 Å². The van der Waals surface area contributed by atoms with E-state index >= 15 is 0 Å². The summed E-state index contributed by atoms with van der Waals surface area (Å²) in [7, 11) is 0. The van der Waals surface area contributed by atoms with Crippen molar-refractivity contribution in [2.24, 2.45) is 0 Å². The topological polar surface area (TPSA) is 54.0 Å². The number of rotatable bonds is 2. The molecular weight excluding hydrogens is 348 g/mol. The number of aromatic nitrogens is 3. The zero-order valence-corrected chi connectivity index (χ0v) is 15.4. The standard InChI is InChI=1S/C23H20N4O/c1-2-5-19-17(4-1)18-8-12-27(23-24-10-3-11-25-23)22(21(18)26-19)16-6-7-20-15(14-16)9-13-28-20/h1-7,10-11,14,22,26H,8-9,12-13H2. The Morgan fingerprint density at radius 1 is 1.00 bits per heavy atom. The van der Waals surface area contributed by atoms with E-state index in [0.717, 1.165) is 37.7 Å². The van der Waals surface area contributed by atoms with Gasteiger partial charge in [-0.15, -0.1) is 0 Å². The number of anilines is 1. The van der Waals surface area contributed by atoms with Gasteiger partial charge in [0.25, 0.3) is 0 Å². The Hall–Kier alpha value is -3.34. The predicted molar refractivity (Wildman–Crippen MR) is 109 cm³/mol. The zero-order valence-electron chi connectivity index (χ0n) is 15.4. The van der Waals surface area contributed by atoms with Crippen molar-refractivity contribution < 1.29 is 4.74 Å². The van der Waals surface area contributed by atoms with E-state index in [9.17, 15) is 0 Å². The Labute approximate surface area is 163 Å². The third-order valence-electron chi connectivity index (χ3n) is 5.87. The van der Waals surface area contributed by atoms with Crippen LogP contribution in [0.5, 0.6) is 5.75 Å². The van der Waals surface area contributed by atoms with Crippen LogP contribution in [-0.2, 0) is 12.8 Å². The number of fused-ring (bicyclic) bond motifs is 4. The maximum atomic E-state index is 5.72. The molecule has 0 saturated carbocycles. The summed E-state index contributed by atoms with van der Waals surface area (Å²) in [4.78, 5) is 15.1. The lowest BCUT2D eigenvalue weighted by Gasteiger charge is -2.36. The number of hydrogen-bond acceptors (Lipinski definition) is 4. The molecule has 138 valence electrons. The highest BCUT2D eigenvalue weighted by atomic mass is 16.5. The molecule has 1 unspecified atom stereocenters. The van der Waals surface area contributed by atoms with Crippen molar-refractivity contribution in [2.75, 3.05) is 18.1 Å². The summed E-state index contributed by atoms with van der Waals surface area (Å²) in [5.41, 5.74) is 6.39. The van der Waals surface area contributed by atoms with Crippen molar-refractivity contribution in [1.29, 1.82) is 0 Å². The van der Waals surface area contributed by atoms with Crippen LogP contribution in [0.25, 0.3) is 10.9 Å². The van der Waals surface area contributed by atoms with E-state index in [4.69, 9.17) is 4.74 Å². The fourth-order valence-corrected chi connectivity index (χ4v) is 4.62. The normalized spacial score (nSPS) is 18.0. The maximum absolute atomic E-state index is 5.72. The number of hydrogen-bond donors (Lipinski definition) is 1. The first-order valence-electron chi connectivity index (χ1n) is 9.77. The molecule has 2 aromatic heterocycles. The van der Waals surface area contributed by atoms with E-state index in [0.29, 0.717) is 0 Å². The van der Waals surface area contributed by atoms with Gasteiger partial charge in [0.2, 0.25) is 5.95 Å². The molecule has 0 bridgehead atoms. The molecule has 5 nitrogen and oxygen atoms in total. The minimum Gasteiger partial charge on any atom is -0.493 e. The average molecular weight is 368 g/mol. The SMILES string of the molecule is c1cnc(N2CCc3c([nH]c4ccccc34)C2c2ccc3c(c2)CCO3)nc1. The van der Waals surface area contributed by atoms with Crippen molar-refractivity contribution in [2.45, 2.75) is 18.9 Å². The molecule has 2 aliphatic heterocycles. The molecule has 0 aliphatic carbocycles. The monoisotopic (exact) mass is 368 g/mol. The first-order valence-corrected chi connectivity index (χ1v) is 9.77. The number of ether oxygens (including phenoxy) is 1. The van der Waals surface area contributed by atoms with Gasteiger partial charge in [0.1, 0.15) is 5.75 Å². The molecule has 0 fully saturated rings. The predicted octanol–water partition coefficient (Wildman–Crippen LogP) is 4.04. The van der Waals surface area contributed by atoms with Gasteiger partial charge < -0.3 is 14.6 Å². The minimum absolute atomic E-state index is 0.0597. The molecule has 0 radical (unpaired) electrons. The van der Waals surface area contributed by atoms with Gasteiger partial charge in [0, 0.05) is 42.0 Å². The van der Waals surface area contributed by atoms with Gasteiger partial charge in [0.05, 0.1) is 12.6 Å². The van der Waals surface area contributed by atoms with Crippen LogP contribution in [0, 0.1) is 0 Å². The number of nitrogens with one attached hydrogen (secondary N) is 1. The molecule has 0 amide bonds. The molecule has 1 atom stereocenters. The molecule has 0 spiro atoms. The summed E-state index contributed by atoms with van der Waals surface area (Å²) in [5, 5.41) is 1.32. The highest BCUT2D eigenvalue weighted by Gasteiger charge is 2.33. The third-order valence-corrected chi connectivity index (χ3v) is 5.87. The zero-order chi connectivity index (χ0) is 18.5. The molecular formula is C23H20N4O. The van der Waals surface area contributed by atoms with Crippen LogP contribution in [-0.4, -0.2) is 28.1 Å². The second kappa shape index (κ2) is 6.09. The Bertz CT molecular complexity index is 1170. The maximum Gasteiger partial charge on any atom is 0.226 e. The summed E-state index contributed by atoms with van der Waals surface area (Å²) >= 11 is 0. The Balaban J connectivity index is 1.56. The second-order valence-corrected chi connectivity index (χ2v) is 7.42. The summed E-state index contributed by atoms with van der Waals surface area (Å²) in [5.74, 6) is 1.78. The molecule has 2 aromatic carbocycles. The summed E-state index contributed by atoms with van der Waals surface area (Å²) in [6.07, 6.45) is 5.58. The van der Waals surface area contributed by atoms with E-state index in [-0.39, 0.29) is 6.04 Å². The van der Waals surface area contributed by atoms with Crippen LogP contribution in [0.1, 0.15) is 28.4 Å². The number of aromatic amines is 1.